The SMILES string of the molecule is CC(C)C(CO)Nc1ccc([N+](=O)[O-])cc1C(F)(F)F. The number of aliphatic hydroxyl groups excluding tert-OH is 1. The molecule has 1 unspecified atom stereocenters. The average Bonchev–Trinajstić information content (AvgIpc) is 2.34. The van der Waals surface area contributed by atoms with Crippen LogP contribution >= 0.6 is 0 Å². The Kier molecular flexibility index (Phi) is 4.93. The molecule has 0 aliphatic heterocycles. The molecule has 5 nitrogen and oxygen atoms in total. The minimum absolute atomic E-state index is 0.101. The molecule has 0 bridgehead atoms. The molecule has 0 saturated heterocycles. The molecule has 1 rings (SSSR count). The summed E-state index contributed by atoms with van der Waals surface area (Å²) in [4.78, 5) is 9.67. The summed E-state index contributed by atoms with van der Waals surface area (Å²) in [5.74, 6) is -0.101. The van der Waals surface area contributed by atoms with Gasteiger partial charge in [0.2, 0.25) is 0 Å². The topological polar surface area (TPSA) is 75.4 Å². The number of hydrogen-bond acceptors (Lipinski definition) is 4. The zero-order chi connectivity index (χ0) is 15.5. The quantitative estimate of drug-likeness (QED) is 0.646. The highest BCUT2D eigenvalue weighted by molar-refractivity contribution is 5.58. The average molecular weight is 292 g/mol. The Morgan fingerprint density at radius 1 is 1.40 bits per heavy atom. The molecule has 0 radical (unpaired) electrons. The smallest absolute Gasteiger partial charge is 0.394 e. The largest absolute Gasteiger partial charge is 0.418 e. The monoisotopic (exact) mass is 292 g/mol. The van der Waals surface area contributed by atoms with Crippen molar-refractivity contribution in [3.63, 3.8) is 0 Å². The molecule has 1 atom stereocenters. The minimum Gasteiger partial charge on any atom is -0.394 e. The molecular weight excluding hydrogens is 277 g/mol. The van der Waals surface area contributed by atoms with Crippen LogP contribution in [0.4, 0.5) is 24.5 Å². The summed E-state index contributed by atoms with van der Waals surface area (Å²) in [6, 6.07) is 1.91. The van der Waals surface area contributed by atoms with Crippen LogP contribution in [0.25, 0.3) is 0 Å². The van der Waals surface area contributed by atoms with Crippen LogP contribution in [0.3, 0.4) is 0 Å². The van der Waals surface area contributed by atoms with Gasteiger partial charge >= 0.3 is 6.18 Å². The van der Waals surface area contributed by atoms with Crippen molar-refractivity contribution >= 4 is 11.4 Å². The second-order valence-electron chi connectivity index (χ2n) is 4.66. The number of alkyl halides is 3. The van der Waals surface area contributed by atoms with Crippen molar-refractivity contribution < 1.29 is 23.2 Å². The molecule has 2 N–H and O–H groups in total. The lowest BCUT2D eigenvalue weighted by Gasteiger charge is -2.23. The first-order valence-corrected chi connectivity index (χ1v) is 5.89. The van der Waals surface area contributed by atoms with Crippen molar-refractivity contribution in [2.75, 3.05) is 11.9 Å². The van der Waals surface area contributed by atoms with Gasteiger partial charge in [0, 0.05) is 17.8 Å². The first kappa shape index (κ1) is 16.2. The molecule has 8 heteroatoms. The summed E-state index contributed by atoms with van der Waals surface area (Å²) in [6.07, 6.45) is -4.72. The van der Waals surface area contributed by atoms with Crippen molar-refractivity contribution in [1.82, 2.24) is 0 Å². The van der Waals surface area contributed by atoms with Crippen molar-refractivity contribution in [3.8, 4) is 0 Å². The molecule has 0 fully saturated rings. The number of anilines is 1. The molecule has 0 aliphatic rings. The summed E-state index contributed by atoms with van der Waals surface area (Å²) in [5.41, 5.74) is -2.03. The van der Waals surface area contributed by atoms with Crippen LogP contribution in [0, 0.1) is 16.0 Å². The Morgan fingerprint density at radius 3 is 2.40 bits per heavy atom. The fourth-order valence-electron chi connectivity index (χ4n) is 1.63. The molecular formula is C12H15F3N2O3. The molecule has 0 spiro atoms. The fraction of sp³-hybridized carbons (Fsp3) is 0.500. The summed E-state index contributed by atoms with van der Waals surface area (Å²) in [6.45, 7) is 3.14. The molecule has 1 aromatic rings. The predicted molar refractivity (Wildman–Crippen MR) is 67.4 cm³/mol. The zero-order valence-corrected chi connectivity index (χ0v) is 10.9. The summed E-state index contributed by atoms with van der Waals surface area (Å²) < 4.78 is 38.8. The second kappa shape index (κ2) is 6.08. The molecule has 112 valence electrons. The van der Waals surface area contributed by atoms with Gasteiger partial charge in [-0.1, -0.05) is 13.8 Å². The Bertz CT molecular complexity index is 489. The highest BCUT2D eigenvalue weighted by Gasteiger charge is 2.35. The number of aliphatic hydroxyl groups is 1. The van der Waals surface area contributed by atoms with Gasteiger partial charge in [-0.15, -0.1) is 0 Å². The van der Waals surface area contributed by atoms with Crippen molar-refractivity contribution in [1.29, 1.82) is 0 Å². The van der Waals surface area contributed by atoms with Crippen molar-refractivity contribution in [2.45, 2.75) is 26.1 Å². The number of halogens is 3. The first-order chi connectivity index (χ1) is 9.16. The van der Waals surface area contributed by atoms with E-state index in [-0.39, 0.29) is 18.2 Å². The van der Waals surface area contributed by atoms with Crippen LogP contribution in [0.15, 0.2) is 18.2 Å². The third kappa shape index (κ3) is 3.83. The number of nitro groups is 1. The molecule has 20 heavy (non-hydrogen) atoms. The van der Waals surface area contributed by atoms with Gasteiger partial charge in [0.1, 0.15) is 0 Å². The van der Waals surface area contributed by atoms with Crippen LogP contribution in [0.5, 0.6) is 0 Å². The van der Waals surface area contributed by atoms with Gasteiger partial charge < -0.3 is 10.4 Å². The lowest BCUT2D eigenvalue weighted by molar-refractivity contribution is -0.385. The van der Waals surface area contributed by atoms with Gasteiger partial charge in [-0.3, -0.25) is 10.1 Å². The van der Waals surface area contributed by atoms with E-state index in [9.17, 15) is 23.3 Å². The van der Waals surface area contributed by atoms with Crippen LogP contribution in [-0.4, -0.2) is 22.7 Å². The van der Waals surface area contributed by atoms with Gasteiger partial charge in [-0.05, 0) is 12.0 Å². The van der Waals surface area contributed by atoms with Gasteiger partial charge in [-0.2, -0.15) is 13.2 Å². The summed E-state index contributed by atoms with van der Waals surface area (Å²) in [5, 5.41) is 22.3. The highest BCUT2D eigenvalue weighted by atomic mass is 19.4. The predicted octanol–water partition coefficient (Wildman–Crippen LogP) is 3.04. The van der Waals surface area contributed by atoms with E-state index in [1.54, 1.807) is 13.8 Å². The van der Waals surface area contributed by atoms with Gasteiger partial charge in [0.25, 0.3) is 5.69 Å². The number of non-ortho nitro benzene ring substituents is 1. The third-order valence-electron chi connectivity index (χ3n) is 2.86. The van der Waals surface area contributed by atoms with E-state index < -0.39 is 28.4 Å². The van der Waals surface area contributed by atoms with E-state index in [2.05, 4.69) is 5.32 Å². The van der Waals surface area contributed by atoms with Crippen LogP contribution < -0.4 is 5.32 Å². The Morgan fingerprint density at radius 2 is 2.00 bits per heavy atom. The normalized spacial score (nSPS) is 13.3. The van der Waals surface area contributed by atoms with Crippen molar-refractivity contribution in [2.24, 2.45) is 5.92 Å². The molecule has 0 aromatic heterocycles. The number of hydrogen-bond donors (Lipinski definition) is 2. The standard InChI is InChI=1S/C12H15F3N2O3/c1-7(2)11(6-18)16-10-4-3-8(17(19)20)5-9(10)12(13,14)15/h3-5,7,11,16,18H,6H2,1-2H3. The summed E-state index contributed by atoms with van der Waals surface area (Å²) >= 11 is 0. The number of nitro benzene ring substituents is 1. The molecule has 0 saturated carbocycles. The second-order valence-corrected chi connectivity index (χ2v) is 4.66. The van der Waals surface area contributed by atoms with Crippen LogP contribution in [0.1, 0.15) is 19.4 Å². The number of nitrogens with one attached hydrogen (secondary N) is 1. The van der Waals surface area contributed by atoms with Crippen LogP contribution in [0.2, 0.25) is 0 Å². The maximum absolute atomic E-state index is 12.9. The molecule has 1 aromatic carbocycles. The van der Waals surface area contributed by atoms with E-state index in [0.29, 0.717) is 6.07 Å². The Balaban J connectivity index is 3.22. The minimum atomic E-state index is -4.72. The Labute approximate surface area is 113 Å². The molecule has 0 aliphatic carbocycles. The van der Waals surface area contributed by atoms with E-state index in [0.717, 1.165) is 12.1 Å². The lowest BCUT2D eigenvalue weighted by Crippen LogP contribution is -2.30. The first-order valence-electron chi connectivity index (χ1n) is 5.89. The maximum Gasteiger partial charge on any atom is 0.418 e. The Hall–Kier alpha value is -1.83. The molecule has 0 amide bonds. The van der Waals surface area contributed by atoms with E-state index in [1.165, 1.54) is 0 Å². The van der Waals surface area contributed by atoms with Gasteiger partial charge in [0.15, 0.2) is 0 Å². The highest BCUT2D eigenvalue weighted by Crippen LogP contribution is 2.37. The summed E-state index contributed by atoms with van der Waals surface area (Å²) in [7, 11) is 0. The van der Waals surface area contributed by atoms with E-state index in [1.807, 2.05) is 0 Å². The van der Waals surface area contributed by atoms with Gasteiger partial charge in [-0.25, -0.2) is 0 Å². The lowest BCUT2D eigenvalue weighted by atomic mass is 10.0. The van der Waals surface area contributed by atoms with Crippen LogP contribution in [-0.2, 0) is 6.18 Å². The zero-order valence-electron chi connectivity index (χ0n) is 10.9. The van der Waals surface area contributed by atoms with E-state index in [4.69, 9.17) is 5.11 Å². The van der Waals surface area contributed by atoms with Gasteiger partial charge in [0.05, 0.1) is 23.1 Å². The maximum atomic E-state index is 12.9. The third-order valence-corrected chi connectivity index (χ3v) is 2.86. The number of nitrogens with zero attached hydrogens (tertiary/aromatic N) is 1. The molecule has 0 heterocycles. The van der Waals surface area contributed by atoms with E-state index >= 15 is 0 Å². The van der Waals surface area contributed by atoms with Crippen molar-refractivity contribution in [3.05, 3.63) is 33.9 Å². The number of rotatable bonds is 5. The fourth-order valence-corrected chi connectivity index (χ4v) is 1.63. The number of benzene rings is 1.